The molecule has 0 heterocycles. The molecule has 0 aliphatic carbocycles. The molecular formula is C11H12ClNO2. The molecule has 0 saturated carbocycles. The number of hydrogen-bond acceptors (Lipinski definition) is 3. The van der Waals surface area contributed by atoms with Gasteiger partial charge < -0.3 is 10.1 Å². The number of ether oxygens (including phenoxy) is 1. The zero-order valence-corrected chi connectivity index (χ0v) is 9.34. The van der Waals surface area contributed by atoms with E-state index in [1.54, 1.807) is 0 Å². The molecule has 0 unspecified atom stereocenters. The molecule has 15 heavy (non-hydrogen) atoms. The number of benzene rings is 1. The number of esters is 1. The number of hydrogen-bond donors (Lipinski definition) is 1. The van der Waals surface area contributed by atoms with Crippen LogP contribution in [0.4, 0.5) is 5.69 Å². The number of carbonyl (C=O) groups is 1. The molecule has 1 N–H and O–H groups in total. The lowest BCUT2D eigenvalue weighted by atomic mass is 10.2. The third-order valence-corrected chi connectivity index (χ3v) is 2.34. The van der Waals surface area contributed by atoms with Crippen LogP contribution < -0.4 is 5.32 Å². The molecule has 0 spiro atoms. The number of rotatable bonds is 3. The van der Waals surface area contributed by atoms with Gasteiger partial charge in [-0.05, 0) is 24.6 Å². The van der Waals surface area contributed by atoms with Gasteiger partial charge in [0.2, 0.25) is 0 Å². The fraction of sp³-hybridized carbons (Fsp3) is 0.182. The number of methoxy groups -OCH3 is 1. The molecule has 80 valence electrons. The summed E-state index contributed by atoms with van der Waals surface area (Å²) in [5, 5.41) is 3.64. The van der Waals surface area contributed by atoms with Crippen molar-refractivity contribution in [3.8, 4) is 0 Å². The highest BCUT2D eigenvalue weighted by molar-refractivity contribution is 6.31. The van der Waals surface area contributed by atoms with Gasteiger partial charge in [-0.2, -0.15) is 0 Å². The topological polar surface area (TPSA) is 38.3 Å². The minimum absolute atomic E-state index is 0.401. The third kappa shape index (κ3) is 3.29. The van der Waals surface area contributed by atoms with Crippen molar-refractivity contribution < 1.29 is 9.53 Å². The highest BCUT2D eigenvalue weighted by Crippen LogP contribution is 2.22. The third-order valence-electron chi connectivity index (χ3n) is 1.93. The summed E-state index contributed by atoms with van der Waals surface area (Å²) < 4.78 is 4.45. The minimum Gasteiger partial charge on any atom is -0.466 e. The van der Waals surface area contributed by atoms with Crippen LogP contribution in [0.5, 0.6) is 0 Å². The monoisotopic (exact) mass is 225 g/mol. The number of halogens is 1. The molecule has 0 aliphatic heterocycles. The summed E-state index contributed by atoms with van der Waals surface area (Å²) in [5.74, 6) is -0.401. The van der Waals surface area contributed by atoms with Crippen LogP contribution in [0, 0.1) is 6.92 Å². The Morgan fingerprint density at radius 2 is 2.27 bits per heavy atom. The Hall–Kier alpha value is -1.48. The first-order valence-electron chi connectivity index (χ1n) is 4.41. The van der Waals surface area contributed by atoms with Crippen molar-refractivity contribution in [1.29, 1.82) is 0 Å². The largest absolute Gasteiger partial charge is 0.466 e. The van der Waals surface area contributed by atoms with E-state index in [1.165, 1.54) is 19.4 Å². The molecule has 0 atom stereocenters. The minimum atomic E-state index is -0.401. The summed E-state index contributed by atoms with van der Waals surface area (Å²) in [7, 11) is 1.33. The highest BCUT2D eigenvalue weighted by atomic mass is 35.5. The van der Waals surface area contributed by atoms with Crippen molar-refractivity contribution in [2.24, 2.45) is 0 Å². The van der Waals surface area contributed by atoms with Crippen LogP contribution in [-0.2, 0) is 9.53 Å². The van der Waals surface area contributed by atoms with Gasteiger partial charge in [-0.15, -0.1) is 0 Å². The van der Waals surface area contributed by atoms with Crippen molar-refractivity contribution in [2.75, 3.05) is 12.4 Å². The Labute approximate surface area is 93.7 Å². The van der Waals surface area contributed by atoms with E-state index in [2.05, 4.69) is 10.1 Å². The van der Waals surface area contributed by atoms with E-state index in [9.17, 15) is 4.79 Å². The first-order valence-corrected chi connectivity index (χ1v) is 4.79. The lowest BCUT2D eigenvalue weighted by molar-refractivity contribution is -0.134. The molecule has 0 aromatic heterocycles. The Bertz CT molecular complexity index is 388. The predicted octanol–water partition coefficient (Wildman–Crippen LogP) is 2.75. The van der Waals surface area contributed by atoms with E-state index in [0.29, 0.717) is 5.02 Å². The van der Waals surface area contributed by atoms with E-state index in [0.717, 1.165) is 11.3 Å². The maximum absolute atomic E-state index is 10.8. The second kappa shape index (κ2) is 5.41. The van der Waals surface area contributed by atoms with Crippen LogP contribution in [0.3, 0.4) is 0 Å². The van der Waals surface area contributed by atoms with Crippen molar-refractivity contribution in [2.45, 2.75) is 6.92 Å². The molecule has 0 fully saturated rings. The molecule has 1 aromatic rings. The second-order valence-corrected chi connectivity index (χ2v) is 3.32. The molecule has 0 saturated heterocycles. The Balaban J connectivity index is 2.70. The van der Waals surface area contributed by atoms with Gasteiger partial charge in [-0.3, -0.25) is 0 Å². The quantitative estimate of drug-likeness (QED) is 0.635. The van der Waals surface area contributed by atoms with Crippen molar-refractivity contribution in [3.05, 3.63) is 41.1 Å². The maximum atomic E-state index is 10.8. The standard InChI is InChI=1S/C11H12ClNO2/c1-8-9(12)4-3-5-10(8)13-7-6-11(14)15-2/h3-7,13H,1-2H3/b7-6+. The zero-order chi connectivity index (χ0) is 11.3. The lowest BCUT2D eigenvalue weighted by Gasteiger charge is -2.06. The average molecular weight is 226 g/mol. The van der Waals surface area contributed by atoms with Gasteiger partial charge in [0.25, 0.3) is 0 Å². The molecular weight excluding hydrogens is 214 g/mol. The second-order valence-electron chi connectivity index (χ2n) is 2.91. The van der Waals surface area contributed by atoms with Crippen LogP contribution >= 0.6 is 11.6 Å². The summed E-state index contributed by atoms with van der Waals surface area (Å²) in [6, 6.07) is 5.53. The van der Waals surface area contributed by atoms with Gasteiger partial charge in [0.05, 0.1) is 7.11 Å². The Morgan fingerprint density at radius 1 is 1.53 bits per heavy atom. The van der Waals surface area contributed by atoms with E-state index >= 15 is 0 Å². The van der Waals surface area contributed by atoms with Crippen LogP contribution in [-0.4, -0.2) is 13.1 Å². The van der Waals surface area contributed by atoms with E-state index < -0.39 is 5.97 Å². The summed E-state index contributed by atoms with van der Waals surface area (Å²) in [6.07, 6.45) is 2.82. The molecule has 1 rings (SSSR count). The molecule has 4 heteroatoms. The number of anilines is 1. The summed E-state index contributed by atoms with van der Waals surface area (Å²) in [6.45, 7) is 1.90. The van der Waals surface area contributed by atoms with Crippen molar-refractivity contribution >= 4 is 23.3 Å². The number of carbonyl (C=O) groups excluding carboxylic acids is 1. The maximum Gasteiger partial charge on any atom is 0.331 e. The van der Waals surface area contributed by atoms with Crippen LogP contribution in [0.15, 0.2) is 30.5 Å². The zero-order valence-electron chi connectivity index (χ0n) is 8.58. The van der Waals surface area contributed by atoms with Gasteiger partial charge in [-0.1, -0.05) is 17.7 Å². The Morgan fingerprint density at radius 3 is 2.93 bits per heavy atom. The predicted molar refractivity (Wildman–Crippen MR) is 61.0 cm³/mol. The van der Waals surface area contributed by atoms with Crippen LogP contribution in [0.25, 0.3) is 0 Å². The normalized spacial score (nSPS) is 10.3. The SMILES string of the molecule is COC(=O)/C=C/Nc1cccc(Cl)c1C. The number of nitrogens with one attached hydrogen (secondary N) is 1. The van der Waals surface area contributed by atoms with E-state index in [1.807, 2.05) is 25.1 Å². The Kier molecular flexibility index (Phi) is 4.18. The summed E-state index contributed by atoms with van der Waals surface area (Å²) in [4.78, 5) is 10.8. The molecule has 3 nitrogen and oxygen atoms in total. The van der Waals surface area contributed by atoms with Gasteiger partial charge >= 0.3 is 5.97 Å². The van der Waals surface area contributed by atoms with Gasteiger partial charge in [0.15, 0.2) is 0 Å². The molecule has 0 aliphatic rings. The first kappa shape index (κ1) is 11.6. The van der Waals surface area contributed by atoms with Crippen molar-refractivity contribution in [1.82, 2.24) is 0 Å². The highest BCUT2D eigenvalue weighted by Gasteiger charge is 1.99. The summed E-state index contributed by atoms with van der Waals surface area (Å²) in [5.41, 5.74) is 1.80. The molecule has 0 amide bonds. The lowest BCUT2D eigenvalue weighted by Crippen LogP contribution is -1.97. The van der Waals surface area contributed by atoms with E-state index in [-0.39, 0.29) is 0 Å². The average Bonchev–Trinajstić information content (AvgIpc) is 2.24. The van der Waals surface area contributed by atoms with Gasteiger partial charge in [0.1, 0.15) is 0 Å². The van der Waals surface area contributed by atoms with Crippen molar-refractivity contribution in [3.63, 3.8) is 0 Å². The molecule has 0 bridgehead atoms. The molecule has 0 radical (unpaired) electrons. The van der Waals surface area contributed by atoms with Gasteiger partial charge in [0, 0.05) is 23.0 Å². The van der Waals surface area contributed by atoms with Crippen LogP contribution in [0.1, 0.15) is 5.56 Å². The fourth-order valence-corrected chi connectivity index (χ4v) is 1.21. The first-order chi connectivity index (χ1) is 7.15. The van der Waals surface area contributed by atoms with E-state index in [4.69, 9.17) is 11.6 Å². The van der Waals surface area contributed by atoms with Crippen LogP contribution in [0.2, 0.25) is 5.02 Å². The molecule has 1 aromatic carbocycles. The van der Waals surface area contributed by atoms with Gasteiger partial charge in [-0.25, -0.2) is 4.79 Å². The smallest absolute Gasteiger partial charge is 0.331 e. The summed E-state index contributed by atoms with van der Waals surface area (Å²) >= 11 is 5.93. The fourth-order valence-electron chi connectivity index (χ4n) is 1.03.